The molecular weight excluding hydrogens is 262 g/mol. The number of aromatic nitrogens is 2. The number of fused-ring (bicyclic) bond motifs is 1. The molecule has 104 valence electrons. The zero-order valence-electron chi connectivity index (χ0n) is 11.4. The maximum Gasteiger partial charge on any atom is 0.123 e. The van der Waals surface area contributed by atoms with Gasteiger partial charge in [-0.05, 0) is 37.6 Å². The van der Waals surface area contributed by atoms with Crippen LogP contribution in [0.4, 0.5) is 0 Å². The molecule has 0 aliphatic carbocycles. The van der Waals surface area contributed by atoms with E-state index < -0.39 is 0 Å². The quantitative estimate of drug-likeness (QED) is 0.800. The predicted molar refractivity (Wildman–Crippen MR) is 78.3 cm³/mol. The highest BCUT2D eigenvalue weighted by Crippen LogP contribution is 2.19. The molecule has 19 heavy (non-hydrogen) atoms. The molecular formula is C14H20ClN3O. The molecule has 4 nitrogen and oxygen atoms in total. The van der Waals surface area contributed by atoms with Crippen molar-refractivity contribution in [2.75, 3.05) is 6.54 Å². The van der Waals surface area contributed by atoms with Gasteiger partial charge in [-0.2, -0.15) is 0 Å². The van der Waals surface area contributed by atoms with Gasteiger partial charge in [0.05, 0.1) is 23.7 Å². The van der Waals surface area contributed by atoms with Gasteiger partial charge in [-0.15, -0.1) is 0 Å². The molecule has 0 saturated heterocycles. The average molecular weight is 282 g/mol. The van der Waals surface area contributed by atoms with E-state index >= 15 is 0 Å². The molecule has 0 fully saturated rings. The molecule has 0 amide bonds. The largest absolute Gasteiger partial charge is 0.393 e. The van der Waals surface area contributed by atoms with Crippen molar-refractivity contribution in [3.8, 4) is 0 Å². The topological polar surface area (TPSA) is 50.1 Å². The van der Waals surface area contributed by atoms with Crippen molar-refractivity contribution in [1.29, 1.82) is 0 Å². The Balaban J connectivity index is 1.99. The van der Waals surface area contributed by atoms with E-state index in [4.69, 9.17) is 11.6 Å². The molecule has 0 bridgehead atoms. The third kappa shape index (κ3) is 3.47. The molecule has 0 spiro atoms. The van der Waals surface area contributed by atoms with Crippen molar-refractivity contribution < 1.29 is 5.11 Å². The van der Waals surface area contributed by atoms with Crippen LogP contribution in [0.5, 0.6) is 0 Å². The normalized spacial score (nSPS) is 13.1. The Morgan fingerprint density at radius 1 is 1.47 bits per heavy atom. The van der Waals surface area contributed by atoms with Crippen LogP contribution >= 0.6 is 11.6 Å². The molecule has 5 heteroatoms. The van der Waals surface area contributed by atoms with Gasteiger partial charge in [0.25, 0.3) is 0 Å². The van der Waals surface area contributed by atoms with Crippen molar-refractivity contribution in [3.63, 3.8) is 0 Å². The SMILES string of the molecule is CCC(O)CCNCc1nc2cc(Cl)ccc2n1C. The highest BCUT2D eigenvalue weighted by atomic mass is 35.5. The van der Waals surface area contributed by atoms with Crippen molar-refractivity contribution in [1.82, 2.24) is 14.9 Å². The van der Waals surface area contributed by atoms with Crippen molar-refractivity contribution in [3.05, 3.63) is 29.0 Å². The first-order valence-corrected chi connectivity index (χ1v) is 6.99. The van der Waals surface area contributed by atoms with Crippen LogP contribution in [0.25, 0.3) is 11.0 Å². The first kappa shape index (κ1) is 14.3. The molecule has 2 N–H and O–H groups in total. The van der Waals surface area contributed by atoms with E-state index in [1.165, 1.54) is 0 Å². The third-order valence-electron chi connectivity index (χ3n) is 3.34. The van der Waals surface area contributed by atoms with Crippen LogP contribution in [-0.2, 0) is 13.6 Å². The fraction of sp³-hybridized carbons (Fsp3) is 0.500. The van der Waals surface area contributed by atoms with Crippen molar-refractivity contribution >= 4 is 22.6 Å². The average Bonchev–Trinajstić information content (AvgIpc) is 2.70. The van der Waals surface area contributed by atoms with E-state index in [0.717, 1.165) is 36.2 Å². The highest BCUT2D eigenvalue weighted by Gasteiger charge is 2.08. The smallest absolute Gasteiger partial charge is 0.123 e. The Labute approximate surface area is 118 Å². The Hall–Kier alpha value is -1.10. The lowest BCUT2D eigenvalue weighted by molar-refractivity contribution is 0.159. The maximum absolute atomic E-state index is 9.48. The maximum atomic E-state index is 9.48. The van der Waals surface area contributed by atoms with Gasteiger partial charge in [0, 0.05) is 12.1 Å². The molecule has 1 unspecified atom stereocenters. The predicted octanol–water partition coefficient (Wildman–Crippen LogP) is 2.48. The summed E-state index contributed by atoms with van der Waals surface area (Å²) in [5.74, 6) is 0.975. The first-order chi connectivity index (χ1) is 9.11. The van der Waals surface area contributed by atoms with Gasteiger partial charge >= 0.3 is 0 Å². The van der Waals surface area contributed by atoms with Gasteiger partial charge in [-0.3, -0.25) is 0 Å². The number of benzene rings is 1. The number of aryl methyl sites for hydroxylation is 1. The molecule has 1 atom stereocenters. The fourth-order valence-electron chi connectivity index (χ4n) is 2.05. The molecule has 1 aromatic heterocycles. The fourth-order valence-corrected chi connectivity index (χ4v) is 2.22. The number of rotatable bonds is 6. The Kier molecular flexibility index (Phi) is 4.80. The zero-order chi connectivity index (χ0) is 13.8. The van der Waals surface area contributed by atoms with Crippen LogP contribution in [0.15, 0.2) is 18.2 Å². The van der Waals surface area contributed by atoms with E-state index in [2.05, 4.69) is 14.9 Å². The standard InChI is InChI=1S/C14H20ClN3O/c1-3-11(19)6-7-16-9-14-17-12-8-10(15)4-5-13(12)18(14)2/h4-5,8,11,16,19H,3,6-7,9H2,1-2H3. The highest BCUT2D eigenvalue weighted by molar-refractivity contribution is 6.31. The van der Waals surface area contributed by atoms with Crippen LogP contribution in [0.3, 0.4) is 0 Å². The summed E-state index contributed by atoms with van der Waals surface area (Å²) in [6.45, 7) is 3.47. The Morgan fingerprint density at radius 2 is 2.26 bits per heavy atom. The lowest BCUT2D eigenvalue weighted by atomic mass is 10.2. The number of hydrogen-bond donors (Lipinski definition) is 2. The van der Waals surface area contributed by atoms with Gasteiger partial charge < -0.3 is 15.0 Å². The molecule has 2 rings (SSSR count). The van der Waals surface area contributed by atoms with Gasteiger partial charge in [-0.1, -0.05) is 18.5 Å². The van der Waals surface area contributed by atoms with E-state index in [9.17, 15) is 5.11 Å². The summed E-state index contributed by atoms with van der Waals surface area (Å²) in [7, 11) is 2.00. The van der Waals surface area contributed by atoms with Gasteiger partial charge in [0.2, 0.25) is 0 Å². The lowest BCUT2D eigenvalue weighted by Gasteiger charge is -2.08. The van der Waals surface area contributed by atoms with Gasteiger partial charge in [0.1, 0.15) is 5.82 Å². The molecule has 0 aliphatic rings. The summed E-state index contributed by atoms with van der Waals surface area (Å²) in [4.78, 5) is 4.56. The number of aliphatic hydroxyl groups is 1. The molecule has 2 aromatic rings. The van der Waals surface area contributed by atoms with Crippen LogP contribution in [0.2, 0.25) is 5.02 Å². The molecule has 1 aromatic carbocycles. The molecule has 0 saturated carbocycles. The molecule has 1 heterocycles. The third-order valence-corrected chi connectivity index (χ3v) is 3.58. The van der Waals surface area contributed by atoms with Crippen molar-refractivity contribution in [2.45, 2.75) is 32.4 Å². The summed E-state index contributed by atoms with van der Waals surface area (Å²) < 4.78 is 2.06. The number of nitrogens with zero attached hydrogens (tertiary/aromatic N) is 2. The minimum absolute atomic E-state index is 0.216. The van der Waals surface area contributed by atoms with Gasteiger partial charge in [0.15, 0.2) is 0 Å². The number of imidazole rings is 1. The summed E-state index contributed by atoms with van der Waals surface area (Å²) in [6, 6.07) is 5.73. The van der Waals surface area contributed by atoms with E-state index in [1.807, 2.05) is 32.2 Å². The zero-order valence-corrected chi connectivity index (χ0v) is 12.1. The number of hydrogen-bond acceptors (Lipinski definition) is 3. The molecule has 0 radical (unpaired) electrons. The lowest BCUT2D eigenvalue weighted by Crippen LogP contribution is -2.21. The second-order valence-electron chi connectivity index (χ2n) is 4.75. The number of halogens is 1. The second kappa shape index (κ2) is 6.37. The summed E-state index contributed by atoms with van der Waals surface area (Å²) >= 11 is 5.97. The van der Waals surface area contributed by atoms with Gasteiger partial charge in [-0.25, -0.2) is 4.98 Å². The first-order valence-electron chi connectivity index (χ1n) is 6.61. The number of aliphatic hydroxyl groups excluding tert-OH is 1. The second-order valence-corrected chi connectivity index (χ2v) is 5.18. The van der Waals surface area contributed by atoms with E-state index in [1.54, 1.807) is 0 Å². The molecule has 0 aliphatic heterocycles. The van der Waals surface area contributed by atoms with Crippen LogP contribution in [0, 0.1) is 0 Å². The minimum atomic E-state index is -0.216. The summed E-state index contributed by atoms with van der Waals surface area (Å²) in [6.07, 6.45) is 1.35. The van der Waals surface area contributed by atoms with Crippen LogP contribution in [-0.4, -0.2) is 27.3 Å². The van der Waals surface area contributed by atoms with E-state index in [-0.39, 0.29) is 6.10 Å². The van der Waals surface area contributed by atoms with Crippen LogP contribution in [0.1, 0.15) is 25.6 Å². The monoisotopic (exact) mass is 281 g/mol. The van der Waals surface area contributed by atoms with E-state index in [0.29, 0.717) is 11.6 Å². The van der Waals surface area contributed by atoms with Crippen molar-refractivity contribution in [2.24, 2.45) is 7.05 Å². The number of nitrogens with one attached hydrogen (secondary N) is 1. The summed E-state index contributed by atoms with van der Waals surface area (Å²) in [5.41, 5.74) is 2.00. The Morgan fingerprint density at radius 3 is 3.00 bits per heavy atom. The minimum Gasteiger partial charge on any atom is -0.393 e. The van der Waals surface area contributed by atoms with Crippen LogP contribution < -0.4 is 5.32 Å². The Bertz CT molecular complexity index is 553. The summed E-state index contributed by atoms with van der Waals surface area (Å²) in [5, 5.41) is 13.5.